The molecule has 0 saturated carbocycles. The Balaban J connectivity index is 1.27. The molecule has 1 aromatic heterocycles. The summed E-state index contributed by atoms with van der Waals surface area (Å²) in [6.45, 7) is 20.6. The number of rotatable bonds is 9. The topological polar surface area (TPSA) is 9.72 Å². The summed E-state index contributed by atoms with van der Waals surface area (Å²) in [7, 11) is 0. The average Bonchev–Trinajstić information content (AvgIpc) is 3.65. The van der Waals surface area contributed by atoms with Gasteiger partial charge in [0, 0.05) is 60.4 Å². The van der Waals surface area contributed by atoms with Crippen LogP contribution in [0.3, 0.4) is 0 Å². The summed E-state index contributed by atoms with van der Waals surface area (Å²) in [5, 5.41) is 1.33. The maximum Gasteiger partial charge on any atom is 0.264 e. The molecule has 2 aliphatic rings. The van der Waals surface area contributed by atoms with Gasteiger partial charge in [0.05, 0.1) is 5.69 Å². The lowest BCUT2D eigenvalue weighted by Crippen LogP contribution is -2.60. The van der Waals surface area contributed by atoms with Gasteiger partial charge >= 0.3 is 0 Å². The molecular weight excluding hydrogens is 770 g/mol. The SMILES string of the molecule is Cc1cc2c3c(c1)N(c1ccccc1)c1c(sc4ccc(C(C)C)cc14)B3c1ccc(N(c3ccc(C(C)C)cc3)c3cccc(C(C)C)c3)cc1N2c1ccc(C(C)C)cc1. The van der Waals surface area contributed by atoms with E-state index < -0.39 is 0 Å². The van der Waals surface area contributed by atoms with Crippen LogP contribution >= 0.6 is 11.3 Å². The van der Waals surface area contributed by atoms with Crippen molar-refractivity contribution in [2.45, 2.75) is 86.0 Å². The number of hydrogen-bond donors (Lipinski definition) is 0. The molecule has 0 saturated heterocycles. The number of fused-ring (bicyclic) bond motifs is 6. The van der Waals surface area contributed by atoms with E-state index in [1.165, 1.54) is 93.4 Å². The molecule has 62 heavy (non-hydrogen) atoms. The summed E-state index contributed by atoms with van der Waals surface area (Å²) >= 11 is 1.97. The van der Waals surface area contributed by atoms with Crippen LogP contribution in [0.25, 0.3) is 10.1 Å². The van der Waals surface area contributed by atoms with Gasteiger partial charge in [0.25, 0.3) is 6.71 Å². The Hall–Kier alpha value is -6.04. The van der Waals surface area contributed by atoms with Gasteiger partial charge in [0.2, 0.25) is 0 Å². The summed E-state index contributed by atoms with van der Waals surface area (Å²) < 4.78 is 2.73. The fourth-order valence-electron chi connectivity index (χ4n) is 9.73. The predicted molar refractivity (Wildman–Crippen MR) is 272 cm³/mol. The van der Waals surface area contributed by atoms with E-state index in [9.17, 15) is 0 Å². The van der Waals surface area contributed by atoms with Gasteiger partial charge in [-0.3, -0.25) is 0 Å². The van der Waals surface area contributed by atoms with Crippen molar-refractivity contribution in [2.24, 2.45) is 0 Å². The highest BCUT2D eigenvalue weighted by Crippen LogP contribution is 2.49. The molecule has 2 aliphatic heterocycles. The zero-order chi connectivity index (χ0) is 43.0. The molecular formula is C57H56BN3S. The molecule has 0 unspecified atom stereocenters. The minimum atomic E-state index is 0.0498. The lowest BCUT2D eigenvalue weighted by molar-refractivity contribution is 0.865. The van der Waals surface area contributed by atoms with Crippen molar-refractivity contribution in [3.05, 3.63) is 179 Å². The van der Waals surface area contributed by atoms with Crippen LogP contribution in [0, 0.1) is 6.92 Å². The largest absolute Gasteiger partial charge is 0.311 e. The number of anilines is 9. The highest BCUT2D eigenvalue weighted by Gasteiger charge is 2.45. The molecule has 5 heteroatoms. The second kappa shape index (κ2) is 15.7. The highest BCUT2D eigenvalue weighted by atomic mass is 32.1. The smallest absolute Gasteiger partial charge is 0.264 e. The predicted octanol–water partition coefficient (Wildman–Crippen LogP) is 15.3. The van der Waals surface area contributed by atoms with E-state index in [0.29, 0.717) is 23.7 Å². The molecule has 3 heterocycles. The molecule has 0 fully saturated rings. The summed E-state index contributed by atoms with van der Waals surface area (Å²) in [4.78, 5) is 7.60. The molecule has 0 N–H and O–H groups in total. The normalized spacial score (nSPS) is 13.1. The standard InChI is InChI=1S/C57H56BN3S/c1-35(2)40-18-23-45(24-19-40)59(47-17-13-14-42(32-47)37(5)6)48-27-28-50-51(34-48)60(46-25-20-41(21-26-46)36(3)4)52-30-39(9)31-53-55(52)58(50)57-56(61(53)44-15-11-10-12-16-44)49-33-43(38(7)8)22-29-54(49)62-57/h10-38H,1-9H3. The molecule has 0 atom stereocenters. The van der Waals surface area contributed by atoms with E-state index in [-0.39, 0.29) is 6.71 Å². The quantitative estimate of drug-likeness (QED) is 0.134. The minimum Gasteiger partial charge on any atom is -0.311 e. The third-order valence-corrected chi connectivity index (χ3v) is 14.4. The van der Waals surface area contributed by atoms with E-state index in [4.69, 9.17) is 0 Å². The Morgan fingerprint density at radius 3 is 1.69 bits per heavy atom. The number of para-hydroxylation sites is 1. The summed E-state index contributed by atoms with van der Waals surface area (Å²) in [6.07, 6.45) is 0. The second-order valence-corrected chi connectivity index (χ2v) is 19.8. The first-order valence-corrected chi connectivity index (χ1v) is 23.4. The first-order valence-electron chi connectivity index (χ1n) is 22.6. The molecule has 3 nitrogen and oxygen atoms in total. The zero-order valence-corrected chi connectivity index (χ0v) is 38.4. The Morgan fingerprint density at radius 1 is 0.468 bits per heavy atom. The van der Waals surface area contributed by atoms with Crippen LogP contribution in [0.5, 0.6) is 0 Å². The molecule has 0 bridgehead atoms. The van der Waals surface area contributed by atoms with Crippen molar-refractivity contribution in [1.29, 1.82) is 0 Å². The fraction of sp³-hybridized carbons (Fsp3) is 0.228. The number of aryl methyl sites for hydroxylation is 1. The van der Waals surface area contributed by atoms with Crippen LogP contribution in [0.15, 0.2) is 152 Å². The van der Waals surface area contributed by atoms with E-state index in [1.807, 2.05) is 11.3 Å². The van der Waals surface area contributed by atoms with Gasteiger partial charge in [-0.05, 0) is 154 Å². The summed E-state index contributed by atoms with van der Waals surface area (Å²) in [5.41, 5.74) is 20.2. The number of hydrogen-bond acceptors (Lipinski definition) is 4. The van der Waals surface area contributed by atoms with Gasteiger partial charge in [0.15, 0.2) is 0 Å². The van der Waals surface area contributed by atoms with Crippen molar-refractivity contribution < 1.29 is 0 Å². The van der Waals surface area contributed by atoms with Crippen LogP contribution in [-0.2, 0) is 0 Å². The fourth-order valence-corrected chi connectivity index (χ4v) is 11.0. The Morgan fingerprint density at radius 2 is 1.03 bits per heavy atom. The van der Waals surface area contributed by atoms with Crippen molar-refractivity contribution in [3.63, 3.8) is 0 Å². The molecule has 10 rings (SSSR count). The molecule has 0 aliphatic carbocycles. The summed E-state index contributed by atoms with van der Waals surface area (Å²) in [5.74, 6) is 1.74. The van der Waals surface area contributed by atoms with Gasteiger partial charge in [0.1, 0.15) is 0 Å². The molecule has 308 valence electrons. The Bertz CT molecular complexity index is 2940. The Kier molecular flexibility index (Phi) is 10.1. The van der Waals surface area contributed by atoms with Gasteiger partial charge in [-0.1, -0.05) is 122 Å². The van der Waals surface area contributed by atoms with Gasteiger partial charge in [-0.2, -0.15) is 0 Å². The van der Waals surface area contributed by atoms with Crippen LogP contribution in [0.2, 0.25) is 0 Å². The lowest BCUT2D eigenvalue weighted by atomic mass is 9.36. The van der Waals surface area contributed by atoms with Crippen LogP contribution < -0.4 is 30.4 Å². The number of nitrogens with zero attached hydrogens (tertiary/aromatic N) is 3. The molecule has 8 aromatic rings. The first kappa shape index (κ1) is 40.1. The first-order chi connectivity index (χ1) is 30.0. The molecule has 7 aromatic carbocycles. The van der Waals surface area contributed by atoms with Crippen LogP contribution in [-0.4, -0.2) is 6.71 Å². The maximum atomic E-state index is 2.57. The average molecular weight is 826 g/mol. The summed E-state index contributed by atoms with van der Waals surface area (Å²) in [6, 6.07) is 58.0. The van der Waals surface area contributed by atoms with Crippen LogP contribution in [0.4, 0.5) is 51.2 Å². The Labute approximate surface area is 373 Å². The molecule has 0 amide bonds. The van der Waals surface area contributed by atoms with Crippen molar-refractivity contribution in [3.8, 4) is 0 Å². The van der Waals surface area contributed by atoms with Gasteiger partial charge < -0.3 is 14.7 Å². The maximum absolute atomic E-state index is 2.57. The second-order valence-electron chi connectivity index (χ2n) is 18.7. The van der Waals surface area contributed by atoms with Crippen LogP contribution in [0.1, 0.15) is 107 Å². The van der Waals surface area contributed by atoms with Crippen molar-refractivity contribution >= 4 is 95.0 Å². The number of benzene rings is 7. The monoisotopic (exact) mass is 825 g/mol. The third kappa shape index (κ3) is 6.73. The van der Waals surface area contributed by atoms with Gasteiger partial charge in [-0.25, -0.2) is 0 Å². The van der Waals surface area contributed by atoms with Crippen molar-refractivity contribution in [1.82, 2.24) is 0 Å². The third-order valence-electron chi connectivity index (χ3n) is 13.2. The number of thiophene rings is 1. The lowest BCUT2D eigenvalue weighted by Gasteiger charge is -2.43. The van der Waals surface area contributed by atoms with E-state index in [2.05, 4.69) is 229 Å². The van der Waals surface area contributed by atoms with E-state index >= 15 is 0 Å². The van der Waals surface area contributed by atoms with Crippen molar-refractivity contribution in [2.75, 3.05) is 14.7 Å². The van der Waals surface area contributed by atoms with E-state index in [0.717, 1.165) is 11.4 Å². The molecule has 0 spiro atoms. The van der Waals surface area contributed by atoms with E-state index in [1.54, 1.807) is 0 Å². The van der Waals surface area contributed by atoms with Gasteiger partial charge in [-0.15, -0.1) is 11.3 Å². The minimum absolute atomic E-state index is 0.0498. The zero-order valence-electron chi connectivity index (χ0n) is 37.6. The highest BCUT2D eigenvalue weighted by molar-refractivity contribution is 7.33. The molecule has 0 radical (unpaired) electrons.